The smallest absolute Gasteiger partial charge is 0.212 e. The van der Waals surface area contributed by atoms with E-state index in [9.17, 15) is 0 Å². The predicted octanol–water partition coefficient (Wildman–Crippen LogP) is 1.77. The van der Waals surface area contributed by atoms with E-state index in [4.69, 9.17) is 10.5 Å². The number of ether oxygens (including phenoxy) is 1. The van der Waals surface area contributed by atoms with Crippen molar-refractivity contribution < 1.29 is 4.74 Å². The molecule has 74 valence electrons. The van der Waals surface area contributed by atoms with Crippen LogP contribution in [0.1, 0.15) is 6.92 Å². The zero-order chi connectivity index (χ0) is 10.1. The van der Waals surface area contributed by atoms with Gasteiger partial charge in [-0.2, -0.15) is 11.8 Å². The molecule has 13 heavy (non-hydrogen) atoms. The molecule has 0 rings (SSSR count). The van der Waals surface area contributed by atoms with Gasteiger partial charge in [0, 0.05) is 17.6 Å². The van der Waals surface area contributed by atoms with E-state index in [1.54, 1.807) is 31.0 Å². The maximum atomic E-state index is 5.41. The average molecular weight is 200 g/mol. The molecule has 0 saturated carbocycles. The maximum Gasteiger partial charge on any atom is 0.212 e. The van der Waals surface area contributed by atoms with Crippen LogP contribution in [0.25, 0.3) is 0 Å². The Labute approximate surface area is 83.8 Å². The monoisotopic (exact) mass is 200 g/mol. The fourth-order valence-electron chi connectivity index (χ4n) is 0.544. The molecule has 0 amide bonds. The SMILES string of the molecule is C=C/C(=N\C=C(\C)N)OCCSC. The summed E-state index contributed by atoms with van der Waals surface area (Å²) in [7, 11) is 0. The van der Waals surface area contributed by atoms with Gasteiger partial charge in [0.1, 0.15) is 0 Å². The molecule has 2 N–H and O–H groups in total. The quantitative estimate of drug-likeness (QED) is 0.418. The minimum atomic E-state index is 0.513. The Kier molecular flexibility index (Phi) is 7.20. The molecule has 0 fully saturated rings. The summed E-state index contributed by atoms with van der Waals surface area (Å²) in [5, 5.41) is 0. The van der Waals surface area contributed by atoms with Crippen molar-refractivity contribution in [1.29, 1.82) is 0 Å². The summed E-state index contributed by atoms with van der Waals surface area (Å²) >= 11 is 1.72. The van der Waals surface area contributed by atoms with Crippen molar-refractivity contribution in [3.8, 4) is 0 Å². The molecule has 0 aliphatic heterocycles. The Hall–Kier alpha value is -0.900. The van der Waals surface area contributed by atoms with Crippen LogP contribution < -0.4 is 5.73 Å². The van der Waals surface area contributed by atoms with Gasteiger partial charge >= 0.3 is 0 Å². The van der Waals surface area contributed by atoms with Gasteiger partial charge in [-0.05, 0) is 19.3 Å². The van der Waals surface area contributed by atoms with Crippen LogP contribution in [-0.2, 0) is 4.74 Å². The van der Waals surface area contributed by atoms with Gasteiger partial charge in [-0.15, -0.1) is 0 Å². The van der Waals surface area contributed by atoms with Gasteiger partial charge in [-0.1, -0.05) is 6.58 Å². The highest BCUT2D eigenvalue weighted by Gasteiger charge is 1.91. The Morgan fingerprint density at radius 2 is 2.38 bits per heavy atom. The van der Waals surface area contributed by atoms with Crippen LogP contribution >= 0.6 is 11.8 Å². The van der Waals surface area contributed by atoms with E-state index >= 15 is 0 Å². The van der Waals surface area contributed by atoms with Crippen LogP contribution in [0.4, 0.5) is 0 Å². The van der Waals surface area contributed by atoms with E-state index in [-0.39, 0.29) is 0 Å². The van der Waals surface area contributed by atoms with Gasteiger partial charge in [0.2, 0.25) is 5.90 Å². The number of hydrogen-bond acceptors (Lipinski definition) is 4. The third-order valence-electron chi connectivity index (χ3n) is 1.11. The highest BCUT2D eigenvalue weighted by Crippen LogP contribution is 1.94. The van der Waals surface area contributed by atoms with E-state index in [1.807, 2.05) is 6.26 Å². The summed E-state index contributed by atoms with van der Waals surface area (Å²) < 4.78 is 5.29. The number of rotatable bonds is 5. The third kappa shape index (κ3) is 7.46. The molecule has 0 heterocycles. The van der Waals surface area contributed by atoms with E-state index in [0.29, 0.717) is 18.2 Å². The first-order valence-electron chi connectivity index (χ1n) is 3.95. The Morgan fingerprint density at radius 1 is 1.69 bits per heavy atom. The molecular weight excluding hydrogens is 184 g/mol. The van der Waals surface area contributed by atoms with Crippen molar-refractivity contribution in [2.24, 2.45) is 10.7 Å². The molecule has 0 unspecified atom stereocenters. The minimum absolute atomic E-state index is 0.513. The van der Waals surface area contributed by atoms with Gasteiger partial charge in [-0.25, -0.2) is 4.99 Å². The minimum Gasteiger partial charge on any atom is -0.477 e. The highest BCUT2D eigenvalue weighted by molar-refractivity contribution is 7.98. The van der Waals surface area contributed by atoms with E-state index < -0.39 is 0 Å². The predicted molar refractivity (Wildman–Crippen MR) is 59.9 cm³/mol. The first-order chi connectivity index (χ1) is 6.20. The van der Waals surface area contributed by atoms with E-state index in [2.05, 4.69) is 11.6 Å². The Bertz CT molecular complexity index is 208. The second kappa shape index (κ2) is 7.73. The molecule has 0 aliphatic rings. The summed E-state index contributed by atoms with van der Waals surface area (Å²) in [6.07, 6.45) is 5.15. The zero-order valence-corrected chi connectivity index (χ0v) is 8.93. The molecule has 3 nitrogen and oxygen atoms in total. The molecule has 0 aromatic heterocycles. The molecule has 0 spiro atoms. The van der Waals surface area contributed by atoms with Crippen molar-refractivity contribution in [2.75, 3.05) is 18.6 Å². The topological polar surface area (TPSA) is 47.6 Å². The summed E-state index contributed by atoms with van der Waals surface area (Å²) in [6, 6.07) is 0. The lowest BCUT2D eigenvalue weighted by molar-refractivity contribution is 0.334. The average Bonchev–Trinajstić information content (AvgIpc) is 2.10. The van der Waals surface area contributed by atoms with Crippen molar-refractivity contribution in [3.63, 3.8) is 0 Å². The van der Waals surface area contributed by atoms with Crippen LogP contribution in [0.2, 0.25) is 0 Å². The summed E-state index contributed by atoms with van der Waals surface area (Å²) in [5.41, 5.74) is 6.06. The number of nitrogens with two attached hydrogens (primary N) is 1. The Morgan fingerprint density at radius 3 is 2.85 bits per heavy atom. The number of nitrogens with zero attached hydrogens (tertiary/aromatic N) is 1. The number of allylic oxidation sites excluding steroid dienone is 1. The highest BCUT2D eigenvalue weighted by atomic mass is 32.2. The summed E-state index contributed by atoms with van der Waals surface area (Å²) in [6.45, 7) is 6.00. The van der Waals surface area contributed by atoms with Gasteiger partial charge in [0.15, 0.2) is 0 Å². The second-order valence-electron chi connectivity index (χ2n) is 2.39. The lowest BCUT2D eigenvalue weighted by atomic mass is 10.5. The maximum absolute atomic E-state index is 5.41. The standard InChI is InChI=1S/C9H16N2OS/c1-4-9(11-7-8(2)10)12-5-6-13-3/h4,7H,1,5-6,10H2,2-3H3/b8-7-,11-9+. The number of hydrogen-bond donors (Lipinski definition) is 1. The van der Waals surface area contributed by atoms with Gasteiger partial charge < -0.3 is 10.5 Å². The molecule has 0 aliphatic carbocycles. The van der Waals surface area contributed by atoms with Crippen molar-refractivity contribution in [1.82, 2.24) is 0 Å². The first kappa shape index (κ1) is 12.1. The normalized spacial score (nSPS) is 12.8. The van der Waals surface area contributed by atoms with Crippen molar-refractivity contribution in [2.45, 2.75) is 6.92 Å². The van der Waals surface area contributed by atoms with Crippen molar-refractivity contribution in [3.05, 3.63) is 24.6 Å². The lowest BCUT2D eigenvalue weighted by Crippen LogP contribution is -2.04. The fourth-order valence-corrected chi connectivity index (χ4v) is 0.794. The van der Waals surface area contributed by atoms with E-state index in [0.717, 1.165) is 5.75 Å². The van der Waals surface area contributed by atoms with Crippen LogP contribution in [-0.4, -0.2) is 24.5 Å². The van der Waals surface area contributed by atoms with Crippen LogP contribution in [0.3, 0.4) is 0 Å². The second-order valence-corrected chi connectivity index (χ2v) is 3.37. The Balaban J connectivity index is 3.95. The molecular formula is C9H16N2OS. The summed E-state index contributed by atoms with van der Waals surface area (Å²) in [5.74, 6) is 1.46. The van der Waals surface area contributed by atoms with Crippen LogP contribution in [0.5, 0.6) is 0 Å². The molecule has 0 saturated heterocycles. The van der Waals surface area contributed by atoms with Gasteiger partial charge in [0.05, 0.1) is 6.61 Å². The molecule has 0 atom stereocenters. The summed E-state index contributed by atoms with van der Waals surface area (Å²) in [4.78, 5) is 3.99. The largest absolute Gasteiger partial charge is 0.477 e. The molecule has 0 aromatic carbocycles. The zero-order valence-electron chi connectivity index (χ0n) is 8.12. The van der Waals surface area contributed by atoms with Crippen LogP contribution in [0, 0.1) is 0 Å². The third-order valence-corrected chi connectivity index (χ3v) is 1.68. The van der Waals surface area contributed by atoms with Crippen molar-refractivity contribution >= 4 is 17.7 Å². The fraction of sp³-hybridized carbons (Fsp3) is 0.444. The van der Waals surface area contributed by atoms with Gasteiger partial charge in [0.25, 0.3) is 0 Å². The lowest BCUT2D eigenvalue weighted by Gasteiger charge is -2.02. The van der Waals surface area contributed by atoms with E-state index in [1.165, 1.54) is 0 Å². The number of aliphatic imine (C=N–C) groups is 1. The number of thioether (sulfide) groups is 1. The van der Waals surface area contributed by atoms with Crippen LogP contribution in [0.15, 0.2) is 29.5 Å². The molecule has 0 radical (unpaired) electrons. The molecule has 4 heteroatoms. The molecule has 0 aromatic rings. The molecule has 0 bridgehead atoms. The first-order valence-corrected chi connectivity index (χ1v) is 5.34. The van der Waals surface area contributed by atoms with Gasteiger partial charge in [-0.3, -0.25) is 0 Å².